The molecule has 1 heterocycles. The summed E-state index contributed by atoms with van der Waals surface area (Å²) < 4.78 is 14.2. The van der Waals surface area contributed by atoms with Gasteiger partial charge in [0, 0.05) is 15.7 Å². The summed E-state index contributed by atoms with van der Waals surface area (Å²) in [7, 11) is 0. The van der Waals surface area contributed by atoms with Crippen molar-refractivity contribution >= 4 is 39.1 Å². The maximum absolute atomic E-state index is 13.4. The molecule has 1 unspecified atom stereocenters. The van der Waals surface area contributed by atoms with Crippen molar-refractivity contribution in [2.45, 2.75) is 6.04 Å². The Bertz CT molecular complexity index is 1110. The first kappa shape index (κ1) is 19.1. The minimum Gasteiger partial charge on any atom is -0.507 e. The fourth-order valence-corrected chi connectivity index (χ4v) is 3.68. The topological polar surface area (TPSA) is 57.6 Å². The van der Waals surface area contributed by atoms with Gasteiger partial charge < -0.3 is 5.11 Å². The maximum atomic E-state index is 13.4. The molecule has 0 aliphatic carbocycles. The summed E-state index contributed by atoms with van der Waals surface area (Å²) in [6.45, 7) is 0. The number of halogens is 2. The number of rotatable bonds is 3. The van der Waals surface area contributed by atoms with E-state index in [1.165, 1.54) is 29.2 Å². The SMILES string of the molecule is O=C1C(=O)N(c2ccc(F)cc2)C(c2ccc(Br)cc2)/C1=C(\O)c1ccccc1. The van der Waals surface area contributed by atoms with E-state index in [1.54, 1.807) is 54.6 Å². The van der Waals surface area contributed by atoms with Gasteiger partial charge in [-0.2, -0.15) is 0 Å². The molecule has 3 aromatic rings. The summed E-state index contributed by atoms with van der Waals surface area (Å²) in [6, 6.07) is 20.2. The van der Waals surface area contributed by atoms with E-state index >= 15 is 0 Å². The zero-order chi connectivity index (χ0) is 20.5. The molecule has 0 spiro atoms. The Kier molecular flexibility index (Phi) is 5.03. The number of amides is 1. The smallest absolute Gasteiger partial charge is 0.300 e. The van der Waals surface area contributed by atoms with Crippen LogP contribution in [0.25, 0.3) is 5.76 Å². The Labute approximate surface area is 175 Å². The summed E-state index contributed by atoms with van der Waals surface area (Å²) in [5, 5.41) is 10.9. The summed E-state index contributed by atoms with van der Waals surface area (Å²) in [6.07, 6.45) is 0. The fraction of sp³-hybridized carbons (Fsp3) is 0.0435. The van der Waals surface area contributed by atoms with Crippen LogP contribution in [0, 0.1) is 5.82 Å². The minimum absolute atomic E-state index is 0.00662. The molecule has 4 rings (SSSR count). The van der Waals surface area contributed by atoms with Gasteiger partial charge in [0.1, 0.15) is 11.6 Å². The quantitative estimate of drug-likeness (QED) is 0.337. The molecule has 0 radical (unpaired) electrons. The first-order valence-electron chi connectivity index (χ1n) is 8.85. The van der Waals surface area contributed by atoms with E-state index < -0.39 is 23.5 Å². The van der Waals surface area contributed by atoms with E-state index in [4.69, 9.17) is 0 Å². The first-order chi connectivity index (χ1) is 14.0. The molecule has 29 heavy (non-hydrogen) atoms. The maximum Gasteiger partial charge on any atom is 0.300 e. The van der Waals surface area contributed by atoms with Gasteiger partial charge in [0.15, 0.2) is 0 Å². The second kappa shape index (κ2) is 7.64. The zero-order valence-corrected chi connectivity index (χ0v) is 16.6. The van der Waals surface area contributed by atoms with Crippen LogP contribution in [0.5, 0.6) is 0 Å². The molecular weight excluding hydrogens is 437 g/mol. The lowest BCUT2D eigenvalue weighted by Gasteiger charge is -2.25. The highest BCUT2D eigenvalue weighted by atomic mass is 79.9. The molecule has 1 aliphatic rings. The Balaban J connectivity index is 1.94. The van der Waals surface area contributed by atoms with Crippen molar-refractivity contribution in [1.29, 1.82) is 0 Å². The standard InChI is InChI=1S/C23H15BrFNO3/c24-16-8-6-14(7-9-16)20-19(21(27)15-4-2-1-3-5-15)22(28)23(29)26(20)18-12-10-17(25)11-13-18/h1-13,20,27H/b21-19+. The molecule has 1 saturated heterocycles. The van der Waals surface area contributed by atoms with Gasteiger partial charge in [-0.15, -0.1) is 0 Å². The van der Waals surface area contributed by atoms with Crippen LogP contribution in [0.15, 0.2) is 88.9 Å². The first-order valence-corrected chi connectivity index (χ1v) is 9.64. The average molecular weight is 452 g/mol. The van der Waals surface area contributed by atoms with Crippen LogP contribution >= 0.6 is 15.9 Å². The molecule has 1 amide bonds. The van der Waals surface area contributed by atoms with Gasteiger partial charge in [0.05, 0.1) is 11.6 Å². The number of Topliss-reactive ketones (excluding diaryl/α,β-unsaturated/α-hetero) is 1. The highest BCUT2D eigenvalue weighted by Gasteiger charge is 2.46. The average Bonchev–Trinajstić information content (AvgIpc) is 3.00. The molecule has 1 atom stereocenters. The summed E-state index contributed by atoms with van der Waals surface area (Å²) >= 11 is 3.38. The van der Waals surface area contributed by atoms with Crippen LogP contribution in [0.2, 0.25) is 0 Å². The Morgan fingerprint density at radius 1 is 0.897 bits per heavy atom. The highest BCUT2D eigenvalue weighted by molar-refractivity contribution is 9.10. The predicted octanol–water partition coefficient (Wildman–Crippen LogP) is 5.21. The number of aliphatic hydroxyl groups is 1. The summed E-state index contributed by atoms with van der Waals surface area (Å²) in [5.41, 5.74) is 1.45. The number of benzene rings is 3. The molecule has 1 N–H and O–H groups in total. The predicted molar refractivity (Wildman–Crippen MR) is 112 cm³/mol. The van der Waals surface area contributed by atoms with Crippen LogP contribution in [0.4, 0.5) is 10.1 Å². The van der Waals surface area contributed by atoms with Crippen LogP contribution in [0.3, 0.4) is 0 Å². The largest absolute Gasteiger partial charge is 0.507 e. The lowest BCUT2D eigenvalue weighted by Crippen LogP contribution is -2.29. The molecule has 144 valence electrons. The number of ketones is 1. The van der Waals surface area contributed by atoms with Crippen LogP contribution in [0.1, 0.15) is 17.2 Å². The van der Waals surface area contributed by atoms with Crippen molar-refractivity contribution < 1.29 is 19.1 Å². The monoisotopic (exact) mass is 451 g/mol. The Morgan fingerprint density at radius 2 is 1.52 bits per heavy atom. The molecule has 3 aromatic carbocycles. The lowest BCUT2D eigenvalue weighted by atomic mass is 9.95. The number of carbonyl (C=O) groups excluding carboxylic acids is 2. The third-order valence-corrected chi connectivity index (χ3v) is 5.31. The van der Waals surface area contributed by atoms with Crippen molar-refractivity contribution in [2.75, 3.05) is 4.90 Å². The van der Waals surface area contributed by atoms with Crippen LogP contribution in [-0.2, 0) is 9.59 Å². The summed E-state index contributed by atoms with van der Waals surface area (Å²) in [5.74, 6) is -2.26. The minimum atomic E-state index is -0.839. The number of hydrogen-bond donors (Lipinski definition) is 1. The van der Waals surface area contributed by atoms with Crippen molar-refractivity contribution in [2.24, 2.45) is 0 Å². The molecule has 6 heteroatoms. The normalized spacial score (nSPS) is 18.3. The molecule has 0 saturated carbocycles. The van der Waals surface area contributed by atoms with Gasteiger partial charge in [-0.25, -0.2) is 4.39 Å². The Hall–Kier alpha value is -3.25. The van der Waals surface area contributed by atoms with E-state index in [0.717, 1.165) is 4.47 Å². The van der Waals surface area contributed by atoms with E-state index in [0.29, 0.717) is 16.8 Å². The van der Waals surface area contributed by atoms with E-state index in [-0.39, 0.29) is 11.3 Å². The van der Waals surface area contributed by atoms with Gasteiger partial charge >= 0.3 is 0 Å². The number of nitrogens with zero attached hydrogens (tertiary/aromatic N) is 1. The number of hydrogen-bond acceptors (Lipinski definition) is 3. The second-order valence-electron chi connectivity index (χ2n) is 6.56. The molecule has 0 bridgehead atoms. The van der Waals surface area contributed by atoms with Crippen molar-refractivity contribution in [3.8, 4) is 0 Å². The number of anilines is 1. The van der Waals surface area contributed by atoms with Gasteiger partial charge in [0.2, 0.25) is 0 Å². The van der Waals surface area contributed by atoms with Crippen LogP contribution < -0.4 is 4.90 Å². The van der Waals surface area contributed by atoms with Crippen molar-refractivity contribution in [3.05, 3.63) is 106 Å². The number of aliphatic hydroxyl groups excluding tert-OH is 1. The second-order valence-corrected chi connectivity index (χ2v) is 7.48. The van der Waals surface area contributed by atoms with Crippen LogP contribution in [-0.4, -0.2) is 16.8 Å². The van der Waals surface area contributed by atoms with Gasteiger partial charge in [-0.1, -0.05) is 58.4 Å². The van der Waals surface area contributed by atoms with Gasteiger partial charge in [0.25, 0.3) is 11.7 Å². The zero-order valence-electron chi connectivity index (χ0n) is 15.0. The summed E-state index contributed by atoms with van der Waals surface area (Å²) in [4.78, 5) is 27.1. The van der Waals surface area contributed by atoms with E-state index in [1.807, 2.05) is 0 Å². The van der Waals surface area contributed by atoms with Gasteiger partial charge in [-0.05, 0) is 42.0 Å². The molecule has 4 nitrogen and oxygen atoms in total. The molecular formula is C23H15BrFNO3. The highest BCUT2D eigenvalue weighted by Crippen LogP contribution is 2.42. The van der Waals surface area contributed by atoms with Gasteiger partial charge in [-0.3, -0.25) is 14.5 Å². The molecule has 1 aliphatic heterocycles. The third kappa shape index (κ3) is 3.47. The van der Waals surface area contributed by atoms with Crippen molar-refractivity contribution in [3.63, 3.8) is 0 Å². The third-order valence-electron chi connectivity index (χ3n) is 4.78. The fourth-order valence-electron chi connectivity index (χ4n) is 3.41. The van der Waals surface area contributed by atoms with Crippen molar-refractivity contribution in [1.82, 2.24) is 0 Å². The number of carbonyl (C=O) groups is 2. The molecule has 1 fully saturated rings. The van der Waals surface area contributed by atoms with E-state index in [9.17, 15) is 19.1 Å². The lowest BCUT2D eigenvalue weighted by molar-refractivity contribution is -0.132. The molecule has 0 aromatic heterocycles. The Morgan fingerprint density at radius 3 is 2.14 bits per heavy atom. The van der Waals surface area contributed by atoms with E-state index in [2.05, 4.69) is 15.9 Å².